The van der Waals surface area contributed by atoms with Gasteiger partial charge in [-0.15, -0.1) is 0 Å². The Hall–Kier alpha value is -1.44. The number of amides is 1. The molecule has 1 unspecified atom stereocenters. The van der Waals surface area contributed by atoms with Gasteiger partial charge in [0.05, 0.1) is 4.90 Å². The standard InChI is InChI=1S/C14H22N2O4S/c1-9(8-20-4)5-14(17)16-13-7-12(21(15,18)19)6-10(2)11(13)3/h6-7,9H,5,8H2,1-4H3,(H,16,17)(H2,15,18,19). The summed E-state index contributed by atoms with van der Waals surface area (Å²) in [5.74, 6) is -0.105. The van der Waals surface area contributed by atoms with E-state index in [4.69, 9.17) is 9.88 Å². The number of nitrogens with one attached hydrogen (secondary N) is 1. The lowest BCUT2D eigenvalue weighted by atomic mass is 10.1. The molecule has 1 atom stereocenters. The molecule has 0 spiro atoms. The zero-order chi connectivity index (χ0) is 16.2. The summed E-state index contributed by atoms with van der Waals surface area (Å²) in [5, 5.41) is 7.88. The van der Waals surface area contributed by atoms with E-state index >= 15 is 0 Å². The van der Waals surface area contributed by atoms with Crippen molar-refractivity contribution in [2.24, 2.45) is 11.1 Å². The number of carbonyl (C=O) groups is 1. The van der Waals surface area contributed by atoms with E-state index in [1.807, 2.05) is 13.8 Å². The smallest absolute Gasteiger partial charge is 0.238 e. The van der Waals surface area contributed by atoms with Gasteiger partial charge in [0.25, 0.3) is 0 Å². The molecular formula is C14H22N2O4S. The molecule has 0 saturated carbocycles. The zero-order valence-corrected chi connectivity index (χ0v) is 13.6. The lowest BCUT2D eigenvalue weighted by molar-refractivity contribution is -0.117. The molecule has 1 aromatic rings. The van der Waals surface area contributed by atoms with Gasteiger partial charge < -0.3 is 10.1 Å². The van der Waals surface area contributed by atoms with Crippen molar-refractivity contribution in [3.8, 4) is 0 Å². The first-order valence-electron chi connectivity index (χ1n) is 6.58. The Kier molecular flexibility index (Phi) is 5.88. The predicted octanol–water partition coefficient (Wildman–Crippen LogP) is 1.56. The van der Waals surface area contributed by atoms with E-state index in [9.17, 15) is 13.2 Å². The normalized spacial score (nSPS) is 13.0. The van der Waals surface area contributed by atoms with E-state index in [1.54, 1.807) is 14.0 Å². The second-order valence-electron chi connectivity index (χ2n) is 5.27. The van der Waals surface area contributed by atoms with Crippen LogP contribution in [0.15, 0.2) is 17.0 Å². The van der Waals surface area contributed by atoms with Gasteiger partial charge in [0.1, 0.15) is 0 Å². The lowest BCUT2D eigenvalue weighted by Crippen LogP contribution is -2.19. The molecule has 21 heavy (non-hydrogen) atoms. The minimum atomic E-state index is -3.80. The average molecular weight is 314 g/mol. The van der Waals surface area contributed by atoms with Crippen LogP contribution in [0.2, 0.25) is 0 Å². The third kappa shape index (κ3) is 5.11. The van der Waals surface area contributed by atoms with Crippen LogP contribution in [0.25, 0.3) is 0 Å². The Balaban J connectivity index is 2.98. The van der Waals surface area contributed by atoms with Gasteiger partial charge in [-0.25, -0.2) is 13.6 Å². The molecule has 1 amide bonds. The molecule has 1 rings (SSSR count). The van der Waals surface area contributed by atoms with Crippen molar-refractivity contribution in [2.45, 2.75) is 32.1 Å². The van der Waals surface area contributed by atoms with Gasteiger partial charge in [-0.1, -0.05) is 6.92 Å². The molecule has 0 radical (unpaired) electrons. The summed E-state index contributed by atoms with van der Waals surface area (Å²) in [6.45, 7) is 5.98. The molecule has 7 heteroatoms. The molecule has 0 aliphatic heterocycles. The third-order valence-corrected chi connectivity index (χ3v) is 4.12. The summed E-state index contributed by atoms with van der Waals surface area (Å²) in [4.78, 5) is 12.0. The number of rotatable bonds is 6. The number of benzene rings is 1. The molecule has 118 valence electrons. The second-order valence-corrected chi connectivity index (χ2v) is 6.83. The van der Waals surface area contributed by atoms with E-state index < -0.39 is 10.0 Å². The molecule has 0 aliphatic carbocycles. The number of nitrogens with two attached hydrogens (primary N) is 1. The highest BCUT2D eigenvalue weighted by Crippen LogP contribution is 2.24. The van der Waals surface area contributed by atoms with Crippen LogP contribution in [0.1, 0.15) is 24.5 Å². The highest BCUT2D eigenvalue weighted by atomic mass is 32.2. The molecule has 0 heterocycles. The monoisotopic (exact) mass is 314 g/mol. The fourth-order valence-electron chi connectivity index (χ4n) is 1.98. The van der Waals surface area contributed by atoms with Crippen molar-refractivity contribution in [2.75, 3.05) is 19.0 Å². The largest absolute Gasteiger partial charge is 0.384 e. The summed E-state index contributed by atoms with van der Waals surface area (Å²) < 4.78 is 27.9. The van der Waals surface area contributed by atoms with Gasteiger partial charge in [-0.05, 0) is 43.0 Å². The SMILES string of the molecule is COCC(C)CC(=O)Nc1cc(S(N)(=O)=O)cc(C)c1C. The molecule has 6 nitrogen and oxygen atoms in total. The topological polar surface area (TPSA) is 98.5 Å². The molecule has 0 fully saturated rings. The van der Waals surface area contributed by atoms with Gasteiger partial charge in [-0.3, -0.25) is 4.79 Å². The Labute approximate surface area is 125 Å². The quantitative estimate of drug-likeness (QED) is 0.832. The van der Waals surface area contributed by atoms with E-state index in [0.717, 1.165) is 11.1 Å². The maximum atomic E-state index is 12.0. The maximum Gasteiger partial charge on any atom is 0.238 e. The van der Waals surface area contributed by atoms with Crippen LogP contribution in [0, 0.1) is 19.8 Å². The lowest BCUT2D eigenvalue weighted by Gasteiger charge is -2.14. The van der Waals surface area contributed by atoms with Crippen LogP contribution in [0.3, 0.4) is 0 Å². The van der Waals surface area contributed by atoms with Gasteiger partial charge in [0.15, 0.2) is 0 Å². The van der Waals surface area contributed by atoms with Crippen LogP contribution in [0.4, 0.5) is 5.69 Å². The summed E-state index contributed by atoms with van der Waals surface area (Å²) in [5.41, 5.74) is 2.03. The Morgan fingerprint density at radius 3 is 2.52 bits per heavy atom. The molecule has 0 bridgehead atoms. The highest BCUT2D eigenvalue weighted by Gasteiger charge is 2.15. The van der Waals surface area contributed by atoms with Crippen LogP contribution >= 0.6 is 0 Å². The van der Waals surface area contributed by atoms with E-state index in [2.05, 4.69) is 5.32 Å². The Morgan fingerprint density at radius 1 is 1.38 bits per heavy atom. The fourth-order valence-corrected chi connectivity index (χ4v) is 2.60. The van der Waals surface area contributed by atoms with Crippen molar-refractivity contribution in [3.63, 3.8) is 0 Å². The average Bonchev–Trinajstić information content (AvgIpc) is 2.33. The number of primary sulfonamides is 1. The zero-order valence-electron chi connectivity index (χ0n) is 12.8. The summed E-state index contributed by atoms with van der Waals surface area (Å²) >= 11 is 0. The number of methoxy groups -OCH3 is 1. The summed E-state index contributed by atoms with van der Waals surface area (Å²) in [7, 11) is -2.22. The van der Waals surface area contributed by atoms with Crippen molar-refractivity contribution >= 4 is 21.6 Å². The first-order valence-corrected chi connectivity index (χ1v) is 8.12. The predicted molar refractivity (Wildman–Crippen MR) is 81.6 cm³/mol. The first-order chi connectivity index (χ1) is 9.65. The van der Waals surface area contributed by atoms with Crippen LogP contribution in [0.5, 0.6) is 0 Å². The highest BCUT2D eigenvalue weighted by molar-refractivity contribution is 7.89. The molecule has 1 aromatic carbocycles. The molecule has 0 aliphatic rings. The van der Waals surface area contributed by atoms with Crippen LogP contribution in [-0.2, 0) is 19.6 Å². The number of sulfonamides is 1. The van der Waals surface area contributed by atoms with Gasteiger partial charge in [0.2, 0.25) is 15.9 Å². The number of carbonyl (C=O) groups excluding carboxylic acids is 1. The first kappa shape index (κ1) is 17.6. The van der Waals surface area contributed by atoms with E-state index in [-0.39, 0.29) is 16.7 Å². The van der Waals surface area contributed by atoms with Gasteiger partial charge in [-0.2, -0.15) is 0 Å². The van der Waals surface area contributed by atoms with Crippen molar-refractivity contribution in [3.05, 3.63) is 23.3 Å². The molecule has 0 saturated heterocycles. The van der Waals surface area contributed by atoms with Crippen molar-refractivity contribution in [1.29, 1.82) is 0 Å². The maximum absolute atomic E-state index is 12.0. The van der Waals surface area contributed by atoms with E-state index in [0.29, 0.717) is 18.7 Å². The van der Waals surface area contributed by atoms with Gasteiger partial charge >= 0.3 is 0 Å². The van der Waals surface area contributed by atoms with Crippen LogP contribution in [-0.4, -0.2) is 28.0 Å². The second kappa shape index (κ2) is 7.02. The minimum Gasteiger partial charge on any atom is -0.384 e. The van der Waals surface area contributed by atoms with Crippen molar-refractivity contribution < 1.29 is 17.9 Å². The fraction of sp³-hybridized carbons (Fsp3) is 0.500. The molecule has 0 aromatic heterocycles. The molecular weight excluding hydrogens is 292 g/mol. The minimum absolute atomic E-state index is 0.00848. The number of hydrogen-bond acceptors (Lipinski definition) is 4. The Morgan fingerprint density at radius 2 is 2.00 bits per heavy atom. The molecule has 3 N–H and O–H groups in total. The number of hydrogen-bond donors (Lipinski definition) is 2. The Bertz CT molecular complexity index is 626. The number of aryl methyl sites for hydroxylation is 1. The summed E-state index contributed by atoms with van der Waals surface area (Å²) in [6, 6.07) is 2.88. The van der Waals surface area contributed by atoms with Gasteiger partial charge in [0, 0.05) is 25.8 Å². The van der Waals surface area contributed by atoms with Crippen LogP contribution < -0.4 is 10.5 Å². The summed E-state index contributed by atoms with van der Waals surface area (Å²) in [6.07, 6.45) is 0.298. The van der Waals surface area contributed by atoms with Crippen molar-refractivity contribution in [1.82, 2.24) is 0 Å². The third-order valence-electron chi connectivity index (χ3n) is 3.23. The number of anilines is 1. The van der Waals surface area contributed by atoms with E-state index in [1.165, 1.54) is 12.1 Å². The number of ether oxygens (including phenoxy) is 1.